The number of benzene rings is 1. The smallest absolute Gasteiger partial charge is 0.385 e. The van der Waals surface area contributed by atoms with Crippen LogP contribution in [0.5, 0.6) is 0 Å². The first-order valence-electron chi connectivity index (χ1n) is 6.94. The fourth-order valence-electron chi connectivity index (χ4n) is 2.03. The van der Waals surface area contributed by atoms with Gasteiger partial charge in [-0.05, 0) is 42.3 Å². The molecule has 0 fully saturated rings. The van der Waals surface area contributed by atoms with Crippen molar-refractivity contribution in [3.8, 4) is 0 Å². The van der Waals surface area contributed by atoms with E-state index in [0.29, 0.717) is 18.7 Å². The molecule has 0 saturated carbocycles. The number of hydrogen-bond donors (Lipinski definition) is 1. The Hall–Kier alpha value is -1.75. The largest absolute Gasteiger partial charge is 0.417 e. The van der Waals surface area contributed by atoms with E-state index in [1.54, 1.807) is 0 Å². The number of hydrogen-bond acceptors (Lipinski definition) is 2. The molecule has 1 aromatic heterocycles. The summed E-state index contributed by atoms with van der Waals surface area (Å²) >= 11 is 6.05. The van der Waals surface area contributed by atoms with Crippen molar-refractivity contribution in [1.29, 1.82) is 0 Å². The third kappa shape index (κ3) is 4.37. The normalized spacial score (nSPS) is 11.5. The Morgan fingerprint density at radius 3 is 2.55 bits per heavy atom. The second-order valence-corrected chi connectivity index (χ2v) is 5.28. The molecule has 0 unspecified atom stereocenters. The predicted octanol–water partition coefficient (Wildman–Crippen LogP) is 4.97. The molecule has 1 heterocycles. The molecule has 0 radical (unpaired) electrons. The van der Waals surface area contributed by atoms with Crippen molar-refractivity contribution in [3.63, 3.8) is 0 Å². The van der Waals surface area contributed by atoms with Crippen LogP contribution in [0.4, 0.5) is 18.9 Å². The summed E-state index contributed by atoms with van der Waals surface area (Å²) in [6.07, 6.45) is -2.09. The van der Waals surface area contributed by atoms with Crippen molar-refractivity contribution >= 4 is 17.3 Å². The number of aromatic nitrogens is 1. The van der Waals surface area contributed by atoms with Gasteiger partial charge in [-0.25, -0.2) is 0 Å². The Labute approximate surface area is 132 Å². The molecular formula is C16H16ClF3N2. The van der Waals surface area contributed by atoms with Gasteiger partial charge in [0, 0.05) is 35.6 Å². The lowest BCUT2D eigenvalue weighted by molar-refractivity contribution is -0.137. The van der Waals surface area contributed by atoms with E-state index in [1.165, 1.54) is 6.07 Å². The van der Waals surface area contributed by atoms with E-state index in [1.807, 2.05) is 25.1 Å². The highest BCUT2D eigenvalue weighted by Gasteiger charge is 2.30. The van der Waals surface area contributed by atoms with Crippen molar-refractivity contribution < 1.29 is 13.2 Å². The molecule has 0 bridgehead atoms. The molecule has 0 saturated heterocycles. The molecule has 1 aromatic carbocycles. The summed E-state index contributed by atoms with van der Waals surface area (Å²) in [4.78, 5) is 3.84. The first-order valence-corrected chi connectivity index (χ1v) is 7.32. The standard InChI is InChI=1S/C16H16ClF3N2/c1-2-11-9-14(5-6-15(11)17)21-8-7-13-4-3-12(10-22-13)16(18,19)20/h3-6,9-10,21H,2,7-8H2,1H3. The third-order valence-corrected chi connectivity index (χ3v) is 3.66. The highest BCUT2D eigenvalue weighted by molar-refractivity contribution is 6.31. The Morgan fingerprint density at radius 1 is 1.18 bits per heavy atom. The van der Waals surface area contributed by atoms with Gasteiger partial charge in [-0.2, -0.15) is 13.2 Å². The van der Waals surface area contributed by atoms with Gasteiger partial charge in [0.15, 0.2) is 0 Å². The number of rotatable bonds is 5. The van der Waals surface area contributed by atoms with E-state index in [-0.39, 0.29) is 0 Å². The topological polar surface area (TPSA) is 24.9 Å². The molecule has 0 atom stereocenters. The van der Waals surface area contributed by atoms with Crippen molar-refractivity contribution in [2.24, 2.45) is 0 Å². The summed E-state index contributed by atoms with van der Waals surface area (Å²) in [5.74, 6) is 0. The van der Waals surface area contributed by atoms with Crippen LogP contribution in [0.25, 0.3) is 0 Å². The van der Waals surface area contributed by atoms with Crippen LogP contribution in [0.15, 0.2) is 36.5 Å². The zero-order valence-electron chi connectivity index (χ0n) is 12.0. The van der Waals surface area contributed by atoms with Crippen LogP contribution < -0.4 is 5.32 Å². The predicted molar refractivity (Wildman–Crippen MR) is 82.3 cm³/mol. The molecule has 6 heteroatoms. The lowest BCUT2D eigenvalue weighted by Crippen LogP contribution is -2.09. The summed E-state index contributed by atoms with van der Waals surface area (Å²) in [6, 6.07) is 8.15. The number of aryl methyl sites for hydroxylation is 1. The van der Waals surface area contributed by atoms with Crippen LogP contribution in [-0.4, -0.2) is 11.5 Å². The van der Waals surface area contributed by atoms with Gasteiger partial charge in [0.25, 0.3) is 0 Å². The summed E-state index contributed by atoms with van der Waals surface area (Å²) in [6.45, 7) is 2.61. The van der Waals surface area contributed by atoms with E-state index < -0.39 is 11.7 Å². The molecule has 118 valence electrons. The first kappa shape index (κ1) is 16.6. The van der Waals surface area contributed by atoms with E-state index in [4.69, 9.17) is 11.6 Å². The van der Waals surface area contributed by atoms with Crippen LogP contribution >= 0.6 is 11.6 Å². The maximum Gasteiger partial charge on any atom is 0.417 e. The average molecular weight is 329 g/mol. The van der Waals surface area contributed by atoms with Gasteiger partial charge in [-0.3, -0.25) is 4.98 Å². The van der Waals surface area contributed by atoms with Gasteiger partial charge in [-0.1, -0.05) is 18.5 Å². The first-order chi connectivity index (χ1) is 10.4. The molecule has 2 aromatic rings. The molecule has 0 spiro atoms. The molecular weight excluding hydrogens is 313 g/mol. The quantitative estimate of drug-likeness (QED) is 0.838. The van der Waals surface area contributed by atoms with Crippen molar-refractivity contribution in [2.75, 3.05) is 11.9 Å². The zero-order valence-corrected chi connectivity index (χ0v) is 12.8. The Balaban J connectivity index is 1.91. The summed E-state index contributed by atoms with van der Waals surface area (Å²) in [5.41, 5.74) is 1.88. The summed E-state index contributed by atoms with van der Waals surface area (Å²) < 4.78 is 37.3. The number of nitrogens with one attached hydrogen (secondary N) is 1. The maximum atomic E-state index is 12.4. The highest BCUT2D eigenvalue weighted by atomic mass is 35.5. The second-order valence-electron chi connectivity index (χ2n) is 4.87. The van der Waals surface area contributed by atoms with Crippen LogP contribution in [0.1, 0.15) is 23.7 Å². The van der Waals surface area contributed by atoms with Gasteiger partial charge in [0.05, 0.1) is 5.56 Å². The Kier molecular flexibility index (Phi) is 5.29. The van der Waals surface area contributed by atoms with E-state index in [9.17, 15) is 13.2 Å². The van der Waals surface area contributed by atoms with E-state index in [0.717, 1.165) is 35.0 Å². The maximum absolute atomic E-state index is 12.4. The minimum Gasteiger partial charge on any atom is -0.385 e. The number of nitrogens with zero attached hydrogens (tertiary/aromatic N) is 1. The number of alkyl halides is 3. The van der Waals surface area contributed by atoms with Crippen LogP contribution in [0, 0.1) is 0 Å². The monoisotopic (exact) mass is 328 g/mol. The van der Waals surface area contributed by atoms with Gasteiger partial charge >= 0.3 is 6.18 Å². The molecule has 0 amide bonds. The van der Waals surface area contributed by atoms with Crippen molar-refractivity contribution in [3.05, 3.63) is 58.4 Å². The average Bonchev–Trinajstić information content (AvgIpc) is 2.48. The summed E-state index contributed by atoms with van der Waals surface area (Å²) in [7, 11) is 0. The molecule has 2 rings (SSSR count). The Bertz CT molecular complexity index is 624. The fourth-order valence-corrected chi connectivity index (χ4v) is 2.28. The molecule has 2 nitrogen and oxygen atoms in total. The molecule has 0 aliphatic carbocycles. The number of anilines is 1. The van der Waals surface area contributed by atoms with Gasteiger partial charge < -0.3 is 5.32 Å². The lowest BCUT2D eigenvalue weighted by Gasteiger charge is -2.10. The summed E-state index contributed by atoms with van der Waals surface area (Å²) in [5, 5.41) is 3.95. The van der Waals surface area contributed by atoms with E-state index in [2.05, 4.69) is 10.3 Å². The van der Waals surface area contributed by atoms with Gasteiger partial charge in [-0.15, -0.1) is 0 Å². The second kappa shape index (κ2) is 7.01. The molecule has 0 aliphatic rings. The minimum atomic E-state index is -4.34. The minimum absolute atomic E-state index is 0.544. The van der Waals surface area contributed by atoms with E-state index >= 15 is 0 Å². The number of halogens is 4. The zero-order chi connectivity index (χ0) is 16.2. The molecule has 1 N–H and O–H groups in total. The van der Waals surface area contributed by atoms with Crippen molar-refractivity contribution in [2.45, 2.75) is 25.9 Å². The van der Waals surface area contributed by atoms with Crippen LogP contribution in [0.3, 0.4) is 0 Å². The SMILES string of the molecule is CCc1cc(NCCc2ccc(C(F)(F)F)cn2)ccc1Cl. The fraction of sp³-hybridized carbons (Fsp3) is 0.312. The van der Waals surface area contributed by atoms with Crippen LogP contribution in [-0.2, 0) is 19.0 Å². The lowest BCUT2D eigenvalue weighted by atomic mass is 10.1. The Morgan fingerprint density at radius 2 is 1.95 bits per heavy atom. The van der Waals surface area contributed by atoms with Crippen molar-refractivity contribution in [1.82, 2.24) is 4.98 Å². The molecule has 22 heavy (non-hydrogen) atoms. The molecule has 0 aliphatic heterocycles. The van der Waals surface area contributed by atoms with Gasteiger partial charge in [0.1, 0.15) is 0 Å². The van der Waals surface area contributed by atoms with Gasteiger partial charge in [0.2, 0.25) is 0 Å². The third-order valence-electron chi connectivity index (χ3n) is 3.29. The van der Waals surface area contributed by atoms with Crippen LogP contribution in [0.2, 0.25) is 5.02 Å². The number of pyridine rings is 1. The highest BCUT2D eigenvalue weighted by Crippen LogP contribution is 2.28.